The first-order chi connectivity index (χ1) is 9.40. The van der Waals surface area contributed by atoms with E-state index in [4.69, 9.17) is 10.8 Å². The van der Waals surface area contributed by atoms with Crippen molar-refractivity contribution in [2.24, 2.45) is 11.7 Å². The monoisotopic (exact) mass is 280 g/mol. The number of hydrogen-bond acceptors (Lipinski definition) is 3. The molecule has 0 heterocycles. The molecule has 5 heteroatoms. The van der Waals surface area contributed by atoms with E-state index in [-0.39, 0.29) is 12.5 Å². The zero-order chi connectivity index (χ0) is 15.1. The summed E-state index contributed by atoms with van der Waals surface area (Å²) in [4.78, 5) is 12.3. The van der Waals surface area contributed by atoms with Crippen LogP contribution in [0.2, 0.25) is 0 Å². The number of rotatable bonds is 7. The van der Waals surface area contributed by atoms with Crippen molar-refractivity contribution in [3.05, 3.63) is 35.9 Å². The second kappa shape index (κ2) is 7.87. The van der Waals surface area contributed by atoms with E-state index in [0.29, 0.717) is 13.0 Å². The Kier molecular flexibility index (Phi) is 6.48. The Bertz CT molecular complexity index is 409. The van der Waals surface area contributed by atoms with Crippen molar-refractivity contribution < 1.29 is 15.0 Å². The summed E-state index contributed by atoms with van der Waals surface area (Å²) < 4.78 is 0. The number of amides is 1. The van der Waals surface area contributed by atoms with Crippen molar-refractivity contribution in [2.45, 2.75) is 32.4 Å². The molecule has 5 nitrogen and oxygen atoms in total. The number of aliphatic hydroxyl groups is 1. The molecule has 0 aliphatic heterocycles. The molecule has 0 radical (unpaired) electrons. The Balaban J connectivity index is 2.55. The number of benzene rings is 1. The highest BCUT2D eigenvalue weighted by molar-refractivity contribution is 5.65. The van der Waals surface area contributed by atoms with Gasteiger partial charge in [0.05, 0.1) is 12.6 Å². The van der Waals surface area contributed by atoms with Crippen molar-refractivity contribution in [2.75, 3.05) is 13.1 Å². The van der Waals surface area contributed by atoms with Crippen LogP contribution >= 0.6 is 0 Å². The van der Waals surface area contributed by atoms with Crippen molar-refractivity contribution in [3.63, 3.8) is 0 Å². The molecule has 0 spiro atoms. The maximum absolute atomic E-state index is 11.1. The minimum atomic E-state index is -1.02. The van der Waals surface area contributed by atoms with E-state index in [1.807, 2.05) is 44.2 Å². The lowest BCUT2D eigenvalue weighted by molar-refractivity contribution is 0.0778. The lowest BCUT2D eigenvalue weighted by Crippen LogP contribution is -2.47. The fraction of sp³-hybridized carbons (Fsp3) is 0.533. The number of nitrogens with two attached hydrogens (primary N) is 1. The van der Waals surface area contributed by atoms with Gasteiger partial charge >= 0.3 is 6.09 Å². The molecule has 0 fully saturated rings. The van der Waals surface area contributed by atoms with E-state index in [1.54, 1.807) is 0 Å². The molecule has 1 aromatic rings. The number of aliphatic hydroxyl groups excluding tert-OH is 1. The third kappa shape index (κ3) is 5.59. The van der Waals surface area contributed by atoms with E-state index in [0.717, 1.165) is 5.56 Å². The highest BCUT2D eigenvalue weighted by Crippen LogP contribution is 2.07. The van der Waals surface area contributed by atoms with Gasteiger partial charge in [-0.2, -0.15) is 0 Å². The Labute approximate surface area is 120 Å². The topological polar surface area (TPSA) is 86.8 Å². The van der Waals surface area contributed by atoms with Crippen LogP contribution in [0.5, 0.6) is 0 Å². The molecule has 0 aliphatic rings. The predicted octanol–water partition coefficient (Wildman–Crippen LogP) is 1.55. The number of carbonyl (C=O) groups is 1. The van der Waals surface area contributed by atoms with Crippen LogP contribution in [0, 0.1) is 5.92 Å². The largest absolute Gasteiger partial charge is 0.465 e. The van der Waals surface area contributed by atoms with Gasteiger partial charge in [0.1, 0.15) is 0 Å². The normalized spacial score (nSPS) is 14.1. The van der Waals surface area contributed by atoms with Crippen molar-refractivity contribution >= 4 is 6.09 Å². The molecule has 0 aliphatic carbocycles. The summed E-state index contributed by atoms with van der Waals surface area (Å²) in [5, 5.41) is 19.2. The average Bonchev–Trinajstić information content (AvgIpc) is 2.38. The molecule has 1 rings (SSSR count). The third-order valence-electron chi connectivity index (χ3n) is 3.07. The summed E-state index contributed by atoms with van der Waals surface area (Å²) in [6, 6.07) is 9.14. The van der Waals surface area contributed by atoms with Crippen LogP contribution in [0.3, 0.4) is 0 Å². The molecular weight excluding hydrogens is 256 g/mol. The van der Waals surface area contributed by atoms with E-state index in [2.05, 4.69) is 0 Å². The quantitative estimate of drug-likeness (QED) is 0.707. The van der Waals surface area contributed by atoms with Crippen LogP contribution in [0.4, 0.5) is 4.79 Å². The second-order valence-corrected chi connectivity index (χ2v) is 5.50. The van der Waals surface area contributed by atoms with Crippen molar-refractivity contribution in [1.29, 1.82) is 0 Å². The van der Waals surface area contributed by atoms with Gasteiger partial charge in [0.25, 0.3) is 0 Å². The van der Waals surface area contributed by atoms with Crippen LogP contribution in [0.25, 0.3) is 0 Å². The average molecular weight is 280 g/mol. The first-order valence-corrected chi connectivity index (χ1v) is 6.85. The van der Waals surface area contributed by atoms with Gasteiger partial charge < -0.3 is 20.8 Å². The van der Waals surface area contributed by atoms with Crippen molar-refractivity contribution in [3.8, 4) is 0 Å². The first kappa shape index (κ1) is 16.5. The van der Waals surface area contributed by atoms with Crippen molar-refractivity contribution in [1.82, 2.24) is 4.90 Å². The highest BCUT2D eigenvalue weighted by atomic mass is 16.4. The minimum absolute atomic E-state index is 0.0432. The molecule has 112 valence electrons. The second-order valence-electron chi connectivity index (χ2n) is 5.50. The molecule has 1 amide bonds. The van der Waals surface area contributed by atoms with Gasteiger partial charge in [0.15, 0.2) is 0 Å². The van der Waals surface area contributed by atoms with Gasteiger partial charge in [0.2, 0.25) is 0 Å². The zero-order valence-electron chi connectivity index (χ0n) is 12.1. The van der Waals surface area contributed by atoms with Gasteiger partial charge in [-0.25, -0.2) is 4.79 Å². The van der Waals surface area contributed by atoms with E-state index >= 15 is 0 Å². The van der Waals surface area contributed by atoms with Gasteiger partial charge in [-0.05, 0) is 17.9 Å². The fourth-order valence-electron chi connectivity index (χ4n) is 2.05. The minimum Gasteiger partial charge on any atom is -0.465 e. The molecule has 2 atom stereocenters. The molecule has 20 heavy (non-hydrogen) atoms. The third-order valence-corrected chi connectivity index (χ3v) is 3.07. The van der Waals surface area contributed by atoms with E-state index in [1.165, 1.54) is 4.90 Å². The Morgan fingerprint density at radius 3 is 2.35 bits per heavy atom. The first-order valence-electron chi connectivity index (χ1n) is 6.85. The number of hydrogen-bond donors (Lipinski definition) is 3. The van der Waals surface area contributed by atoms with E-state index in [9.17, 15) is 9.90 Å². The zero-order valence-corrected chi connectivity index (χ0v) is 12.1. The highest BCUT2D eigenvalue weighted by Gasteiger charge is 2.22. The fourth-order valence-corrected chi connectivity index (χ4v) is 2.05. The Hall–Kier alpha value is -1.59. The lowest BCUT2D eigenvalue weighted by atomic mass is 10.0. The Morgan fingerprint density at radius 1 is 1.25 bits per heavy atom. The van der Waals surface area contributed by atoms with Crippen LogP contribution in [-0.4, -0.2) is 46.4 Å². The Morgan fingerprint density at radius 2 is 1.85 bits per heavy atom. The molecule has 0 unspecified atom stereocenters. The molecule has 0 saturated carbocycles. The van der Waals surface area contributed by atoms with Gasteiger partial charge in [-0.1, -0.05) is 44.2 Å². The molecular formula is C15H24N2O3. The summed E-state index contributed by atoms with van der Waals surface area (Å²) in [6.07, 6.45) is -1.37. The summed E-state index contributed by atoms with van der Waals surface area (Å²) in [7, 11) is 0. The SMILES string of the molecule is CC(C)CN(C[C@@H](O)[C@@H](N)Cc1ccccc1)C(=O)O. The predicted molar refractivity (Wildman–Crippen MR) is 78.6 cm³/mol. The van der Waals surface area contributed by atoms with Crippen LogP contribution in [0.15, 0.2) is 30.3 Å². The number of carboxylic acid groups (broad SMARTS) is 1. The summed E-state index contributed by atoms with van der Waals surface area (Å²) >= 11 is 0. The molecule has 0 aromatic heterocycles. The van der Waals surface area contributed by atoms with Gasteiger partial charge in [-0.3, -0.25) is 0 Å². The maximum atomic E-state index is 11.1. The van der Waals surface area contributed by atoms with Gasteiger partial charge in [0, 0.05) is 12.6 Å². The molecule has 1 aromatic carbocycles. The lowest BCUT2D eigenvalue weighted by Gasteiger charge is -2.27. The van der Waals surface area contributed by atoms with E-state index < -0.39 is 18.2 Å². The van der Waals surface area contributed by atoms with Crippen LogP contribution in [0.1, 0.15) is 19.4 Å². The molecule has 0 bridgehead atoms. The smallest absolute Gasteiger partial charge is 0.407 e. The maximum Gasteiger partial charge on any atom is 0.407 e. The summed E-state index contributed by atoms with van der Waals surface area (Å²) in [5.74, 6) is 0.212. The molecule has 0 saturated heterocycles. The standard InChI is InChI=1S/C15H24N2O3/c1-11(2)9-17(15(19)20)10-14(18)13(16)8-12-6-4-3-5-7-12/h3-7,11,13-14,18H,8-10,16H2,1-2H3,(H,19,20)/t13-,14+/m0/s1. The van der Waals surface area contributed by atoms with Crippen LogP contribution in [-0.2, 0) is 6.42 Å². The van der Waals surface area contributed by atoms with Crippen LogP contribution < -0.4 is 5.73 Å². The summed E-state index contributed by atoms with van der Waals surface area (Å²) in [6.45, 7) is 4.31. The molecule has 4 N–H and O–H groups in total. The summed E-state index contributed by atoms with van der Waals surface area (Å²) in [5.41, 5.74) is 6.99. The van der Waals surface area contributed by atoms with Gasteiger partial charge in [-0.15, -0.1) is 0 Å². The number of nitrogens with zero attached hydrogens (tertiary/aromatic N) is 1.